The molecule has 0 N–H and O–H groups in total. The van der Waals surface area contributed by atoms with Crippen LogP contribution >= 0.6 is 21.6 Å². The molecule has 86 valence electrons. The smallest absolute Gasteiger partial charge is 0.0204 e. The summed E-state index contributed by atoms with van der Waals surface area (Å²) in [6.45, 7) is 11.6. The van der Waals surface area contributed by atoms with Crippen LogP contribution in [0.4, 0.5) is 0 Å². The van der Waals surface area contributed by atoms with Crippen molar-refractivity contribution in [1.29, 1.82) is 0 Å². The molecule has 0 rings (SSSR count). The Morgan fingerprint density at radius 1 is 1.14 bits per heavy atom. The fourth-order valence-electron chi connectivity index (χ4n) is 1.00. The molecule has 0 fully saturated rings. The molecule has 1 unspecified atom stereocenters. The van der Waals surface area contributed by atoms with Gasteiger partial charge < -0.3 is 0 Å². The number of hydrogen-bond acceptors (Lipinski definition) is 2. The highest BCUT2D eigenvalue weighted by Crippen LogP contribution is 2.41. The van der Waals surface area contributed by atoms with Gasteiger partial charge in [-0.2, -0.15) is 0 Å². The lowest BCUT2D eigenvalue weighted by Crippen LogP contribution is -2.11. The molecule has 0 nitrogen and oxygen atoms in total. The molecule has 0 spiro atoms. The molecule has 0 aliphatic carbocycles. The third-order valence-corrected chi connectivity index (χ3v) is 6.53. The summed E-state index contributed by atoms with van der Waals surface area (Å²) < 4.78 is 0.448. The van der Waals surface area contributed by atoms with Crippen LogP contribution < -0.4 is 0 Å². The Kier molecular flexibility index (Phi) is 8.32. The van der Waals surface area contributed by atoms with Gasteiger partial charge in [0.15, 0.2) is 0 Å². The normalized spacial score (nSPS) is 14.4. The third-order valence-electron chi connectivity index (χ3n) is 2.50. The minimum absolute atomic E-state index is 0.448. The Bertz CT molecular complexity index is 132. The van der Waals surface area contributed by atoms with E-state index in [0.717, 1.165) is 5.25 Å². The molecule has 0 radical (unpaired) electrons. The van der Waals surface area contributed by atoms with Crippen LogP contribution in [0.5, 0.6) is 0 Å². The SMILES string of the molecule is CCCCCC(C)SSC(C)(C)CC. The van der Waals surface area contributed by atoms with Crippen LogP contribution in [-0.4, -0.2) is 10.00 Å². The lowest BCUT2D eigenvalue weighted by Gasteiger charge is -2.22. The van der Waals surface area contributed by atoms with E-state index >= 15 is 0 Å². The van der Waals surface area contributed by atoms with Gasteiger partial charge in [-0.25, -0.2) is 0 Å². The molecule has 0 aliphatic heterocycles. The van der Waals surface area contributed by atoms with Gasteiger partial charge in [0.05, 0.1) is 0 Å². The second-order valence-electron chi connectivity index (χ2n) is 4.60. The zero-order valence-electron chi connectivity index (χ0n) is 10.4. The maximum atomic E-state index is 2.36. The van der Waals surface area contributed by atoms with Gasteiger partial charge in [-0.05, 0) is 26.7 Å². The second kappa shape index (κ2) is 7.92. The average molecular weight is 234 g/mol. The highest BCUT2D eigenvalue weighted by atomic mass is 33.1. The van der Waals surface area contributed by atoms with Gasteiger partial charge in [0.2, 0.25) is 0 Å². The van der Waals surface area contributed by atoms with Gasteiger partial charge in [0.25, 0.3) is 0 Å². The van der Waals surface area contributed by atoms with Crippen molar-refractivity contribution >= 4 is 21.6 Å². The fourth-order valence-corrected chi connectivity index (χ4v) is 3.72. The summed E-state index contributed by atoms with van der Waals surface area (Å²) >= 11 is 0. The van der Waals surface area contributed by atoms with E-state index in [-0.39, 0.29) is 0 Å². The van der Waals surface area contributed by atoms with Crippen molar-refractivity contribution in [2.24, 2.45) is 0 Å². The van der Waals surface area contributed by atoms with E-state index in [2.05, 4.69) is 56.2 Å². The van der Waals surface area contributed by atoms with E-state index in [0.29, 0.717) is 4.75 Å². The van der Waals surface area contributed by atoms with Crippen LogP contribution in [-0.2, 0) is 0 Å². The van der Waals surface area contributed by atoms with Gasteiger partial charge in [-0.3, -0.25) is 0 Å². The largest absolute Gasteiger partial charge is 0.0905 e. The monoisotopic (exact) mass is 234 g/mol. The lowest BCUT2D eigenvalue weighted by atomic mass is 10.1. The van der Waals surface area contributed by atoms with Crippen LogP contribution in [0.25, 0.3) is 0 Å². The maximum Gasteiger partial charge on any atom is 0.0204 e. The summed E-state index contributed by atoms with van der Waals surface area (Å²) in [4.78, 5) is 0. The van der Waals surface area contributed by atoms with Gasteiger partial charge in [0, 0.05) is 10.00 Å². The van der Waals surface area contributed by atoms with Crippen molar-refractivity contribution in [3.05, 3.63) is 0 Å². The summed E-state index contributed by atoms with van der Waals surface area (Å²) in [5.74, 6) is 0. The maximum absolute atomic E-state index is 2.36. The van der Waals surface area contributed by atoms with E-state index in [4.69, 9.17) is 0 Å². The Morgan fingerprint density at radius 3 is 2.29 bits per heavy atom. The van der Waals surface area contributed by atoms with Crippen LogP contribution in [0.15, 0.2) is 0 Å². The molecule has 0 aromatic rings. The molecule has 2 heteroatoms. The first kappa shape index (κ1) is 14.7. The molecule has 0 heterocycles. The quantitative estimate of drug-likeness (QED) is 0.400. The zero-order valence-corrected chi connectivity index (χ0v) is 12.1. The first-order chi connectivity index (χ1) is 6.52. The minimum atomic E-state index is 0.448. The van der Waals surface area contributed by atoms with E-state index in [1.54, 1.807) is 0 Å². The first-order valence-electron chi connectivity index (χ1n) is 5.86. The van der Waals surface area contributed by atoms with E-state index in [9.17, 15) is 0 Å². The van der Waals surface area contributed by atoms with Crippen molar-refractivity contribution in [3.63, 3.8) is 0 Å². The summed E-state index contributed by atoms with van der Waals surface area (Å²) in [5, 5.41) is 0.817. The molecule has 0 amide bonds. The van der Waals surface area contributed by atoms with Crippen molar-refractivity contribution in [3.8, 4) is 0 Å². The summed E-state index contributed by atoms with van der Waals surface area (Å²) in [5.41, 5.74) is 0. The Labute approximate surface area is 98.4 Å². The molecule has 0 aliphatic rings. The average Bonchev–Trinajstić information content (AvgIpc) is 2.16. The van der Waals surface area contributed by atoms with Gasteiger partial charge in [-0.15, -0.1) is 0 Å². The predicted molar refractivity (Wildman–Crippen MR) is 73.2 cm³/mol. The van der Waals surface area contributed by atoms with E-state index in [1.807, 2.05) is 0 Å². The van der Waals surface area contributed by atoms with Crippen LogP contribution in [0.1, 0.15) is 66.7 Å². The molecule has 0 aromatic carbocycles. The standard InChI is InChI=1S/C12H26S2/c1-6-8-9-10-11(3)13-14-12(4,5)7-2/h11H,6-10H2,1-5H3. The van der Waals surface area contributed by atoms with Crippen molar-refractivity contribution in [2.45, 2.75) is 76.7 Å². The number of unbranched alkanes of at least 4 members (excludes halogenated alkanes) is 2. The van der Waals surface area contributed by atoms with Crippen molar-refractivity contribution < 1.29 is 0 Å². The van der Waals surface area contributed by atoms with E-state index in [1.165, 1.54) is 32.1 Å². The summed E-state index contributed by atoms with van der Waals surface area (Å²) in [6, 6.07) is 0. The Morgan fingerprint density at radius 2 is 1.79 bits per heavy atom. The van der Waals surface area contributed by atoms with Gasteiger partial charge in [-0.1, -0.05) is 61.6 Å². The zero-order chi connectivity index (χ0) is 11.0. The van der Waals surface area contributed by atoms with Gasteiger partial charge >= 0.3 is 0 Å². The van der Waals surface area contributed by atoms with Gasteiger partial charge in [0.1, 0.15) is 0 Å². The Hall–Kier alpha value is 0.700. The third kappa shape index (κ3) is 8.05. The molecule has 14 heavy (non-hydrogen) atoms. The Balaban J connectivity index is 3.48. The van der Waals surface area contributed by atoms with E-state index < -0.39 is 0 Å². The van der Waals surface area contributed by atoms with Crippen molar-refractivity contribution in [1.82, 2.24) is 0 Å². The van der Waals surface area contributed by atoms with Crippen LogP contribution in [0.2, 0.25) is 0 Å². The molecule has 0 saturated heterocycles. The fraction of sp³-hybridized carbons (Fsp3) is 1.00. The first-order valence-corrected chi connectivity index (χ1v) is 8.07. The number of hydrogen-bond donors (Lipinski definition) is 0. The molecule has 0 bridgehead atoms. The summed E-state index contributed by atoms with van der Waals surface area (Å²) in [7, 11) is 4.14. The van der Waals surface area contributed by atoms with Crippen LogP contribution in [0, 0.1) is 0 Å². The number of rotatable bonds is 8. The molecule has 0 saturated carbocycles. The molecule has 1 atom stereocenters. The molecular weight excluding hydrogens is 208 g/mol. The molecule has 0 aromatic heterocycles. The topological polar surface area (TPSA) is 0 Å². The highest BCUT2D eigenvalue weighted by molar-refractivity contribution is 8.77. The second-order valence-corrected chi connectivity index (χ2v) is 7.95. The lowest BCUT2D eigenvalue weighted by molar-refractivity contribution is 0.665. The molecular formula is C12H26S2. The minimum Gasteiger partial charge on any atom is -0.0905 e. The highest BCUT2D eigenvalue weighted by Gasteiger charge is 2.17. The summed E-state index contributed by atoms with van der Waals surface area (Å²) in [6.07, 6.45) is 6.77. The van der Waals surface area contributed by atoms with Crippen LogP contribution in [0.3, 0.4) is 0 Å². The van der Waals surface area contributed by atoms with Crippen molar-refractivity contribution in [2.75, 3.05) is 0 Å². The predicted octanol–water partition coefficient (Wildman–Crippen LogP) is 5.53.